The average molecular weight is 239 g/mol. The van der Waals surface area contributed by atoms with Crippen LogP contribution in [0.2, 0.25) is 0 Å². The average Bonchev–Trinajstić information content (AvgIpc) is 2.87. The smallest absolute Gasteiger partial charge is 0.222 e. The SMILES string of the molecule is CCC(CC)(CO)NC(=O)CCn1ccnc1. The highest BCUT2D eigenvalue weighted by atomic mass is 16.3. The molecule has 0 aliphatic rings. The van der Waals surface area contributed by atoms with E-state index in [0.29, 0.717) is 13.0 Å². The standard InChI is InChI=1S/C12H21N3O2/c1-3-12(4-2,9-16)14-11(17)5-7-15-8-6-13-10-15/h6,8,10,16H,3-5,7,9H2,1-2H3,(H,14,17). The van der Waals surface area contributed by atoms with Crippen LogP contribution in [0, 0.1) is 0 Å². The van der Waals surface area contributed by atoms with Crippen molar-refractivity contribution >= 4 is 5.91 Å². The minimum absolute atomic E-state index is 0.0170. The molecule has 1 aromatic heterocycles. The van der Waals surface area contributed by atoms with E-state index in [4.69, 9.17) is 0 Å². The van der Waals surface area contributed by atoms with Gasteiger partial charge in [-0.3, -0.25) is 4.79 Å². The Morgan fingerprint density at radius 2 is 2.18 bits per heavy atom. The lowest BCUT2D eigenvalue weighted by atomic mass is 9.94. The molecule has 0 aliphatic heterocycles. The Balaban J connectivity index is 2.42. The zero-order valence-electron chi connectivity index (χ0n) is 10.5. The van der Waals surface area contributed by atoms with Crippen molar-refractivity contribution in [2.24, 2.45) is 0 Å². The number of hydrogen-bond acceptors (Lipinski definition) is 3. The van der Waals surface area contributed by atoms with Gasteiger partial charge in [0.1, 0.15) is 0 Å². The third-order valence-corrected chi connectivity index (χ3v) is 3.22. The quantitative estimate of drug-likeness (QED) is 0.744. The molecule has 0 saturated carbocycles. The summed E-state index contributed by atoms with van der Waals surface area (Å²) in [6.45, 7) is 4.53. The van der Waals surface area contributed by atoms with E-state index in [1.807, 2.05) is 24.6 Å². The summed E-state index contributed by atoms with van der Waals surface area (Å²) in [5.41, 5.74) is -0.466. The Labute approximate surface area is 102 Å². The Bertz CT molecular complexity index is 323. The monoisotopic (exact) mass is 239 g/mol. The number of nitrogens with zero attached hydrogens (tertiary/aromatic N) is 2. The molecule has 1 aromatic rings. The summed E-state index contributed by atoms with van der Waals surface area (Å²) in [4.78, 5) is 15.7. The van der Waals surface area contributed by atoms with Crippen molar-refractivity contribution < 1.29 is 9.90 Å². The topological polar surface area (TPSA) is 67.2 Å². The lowest BCUT2D eigenvalue weighted by Gasteiger charge is -2.30. The Hall–Kier alpha value is -1.36. The molecule has 2 N–H and O–H groups in total. The first-order valence-corrected chi connectivity index (χ1v) is 6.03. The Kier molecular flexibility index (Phi) is 5.15. The van der Waals surface area contributed by atoms with E-state index in [1.54, 1.807) is 12.5 Å². The summed E-state index contributed by atoms with van der Waals surface area (Å²) in [6.07, 6.45) is 7.07. The van der Waals surface area contributed by atoms with E-state index in [2.05, 4.69) is 10.3 Å². The summed E-state index contributed by atoms with van der Waals surface area (Å²) in [7, 11) is 0. The summed E-state index contributed by atoms with van der Waals surface area (Å²) in [6, 6.07) is 0. The lowest BCUT2D eigenvalue weighted by Crippen LogP contribution is -2.50. The van der Waals surface area contributed by atoms with Gasteiger partial charge in [0.25, 0.3) is 0 Å². The summed E-state index contributed by atoms with van der Waals surface area (Å²) < 4.78 is 1.86. The molecule has 0 unspecified atom stereocenters. The van der Waals surface area contributed by atoms with Crippen molar-refractivity contribution in [2.75, 3.05) is 6.61 Å². The number of aromatic nitrogens is 2. The first-order valence-electron chi connectivity index (χ1n) is 6.03. The number of imidazole rings is 1. The predicted molar refractivity (Wildman–Crippen MR) is 65.4 cm³/mol. The molecular formula is C12H21N3O2. The second-order valence-corrected chi connectivity index (χ2v) is 4.24. The number of aliphatic hydroxyl groups is 1. The normalized spacial score (nSPS) is 11.5. The summed E-state index contributed by atoms with van der Waals surface area (Å²) in [5.74, 6) is -0.0311. The molecule has 5 nitrogen and oxygen atoms in total. The fourth-order valence-electron chi connectivity index (χ4n) is 1.70. The van der Waals surface area contributed by atoms with Gasteiger partial charge in [0.2, 0.25) is 5.91 Å². The Morgan fingerprint density at radius 3 is 2.65 bits per heavy atom. The highest BCUT2D eigenvalue weighted by Crippen LogP contribution is 2.14. The van der Waals surface area contributed by atoms with Gasteiger partial charge in [0.15, 0.2) is 0 Å². The minimum Gasteiger partial charge on any atom is -0.394 e. The van der Waals surface area contributed by atoms with Crippen LogP contribution in [0.5, 0.6) is 0 Å². The molecular weight excluding hydrogens is 218 g/mol. The van der Waals surface area contributed by atoms with Crippen LogP contribution < -0.4 is 5.32 Å². The van der Waals surface area contributed by atoms with Crippen molar-refractivity contribution in [2.45, 2.75) is 45.2 Å². The van der Waals surface area contributed by atoms with Crippen molar-refractivity contribution in [3.8, 4) is 0 Å². The molecule has 1 heterocycles. The number of aliphatic hydroxyl groups excluding tert-OH is 1. The van der Waals surface area contributed by atoms with Gasteiger partial charge in [-0.25, -0.2) is 4.98 Å². The van der Waals surface area contributed by atoms with E-state index >= 15 is 0 Å². The van der Waals surface area contributed by atoms with Crippen LogP contribution >= 0.6 is 0 Å². The molecule has 0 saturated heterocycles. The van der Waals surface area contributed by atoms with Crippen LogP contribution in [-0.4, -0.2) is 32.7 Å². The van der Waals surface area contributed by atoms with Gasteiger partial charge in [-0.1, -0.05) is 13.8 Å². The number of amides is 1. The van der Waals surface area contributed by atoms with Crippen molar-refractivity contribution in [3.05, 3.63) is 18.7 Å². The highest BCUT2D eigenvalue weighted by Gasteiger charge is 2.26. The maximum Gasteiger partial charge on any atom is 0.222 e. The van der Waals surface area contributed by atoms with E-state index in [9.17, 15) is 9.90 Å². The molecule has 0 bridgehead atoms. The fraction of sp³-hybridized carbons (Fsp3) is 0.667. The van der Waals surface area contributed by atoms with E-state index in [1.165, 1.54) is 0 Å². The molecule has 0 radical (unpaired) electrons. The van der Waals surface area contributed by atoms with Gasteiger partial charge in [-0.2, -0.15) is 0 Å². The molecule has 5 heteroatoms. The molecule has 0 aromatic carbocycles. The number of aryl methyl sites for hydroxylation is 1. The number of hydrogen-bond donors (Lipinski definition) is 2. The molecule has 0 fully saturated rings. The van der Waals surface area contributed by atoms with Gasteiger partial charge in [-0.05, 0) is 12.8 Å². The van der Waals surface area contributed by atoms with E-state index in [-0.39, 0.29) is 12.5 Å². The second-order valence-electron chi connectivity index (χ2n) is 4.24. The second kappa shape index (κ2) is 6.39. The first kappa shape index (κ1) is 13.7. The van der Waals surface area contributed by atoms with E-state index in [0.717, 1.165) is 12.8 Å². The van der Waals surface area contributed by atoms with Gasteiger partial charge in [0, 0.05) is 25.4 Å². The molecule has 17 heavy (non-hydrogen) atoms. The molecule has 0 atom stereocenters. The van der Waals surface area contributed by atoms with Gasteiger partial charge < -0.3 is 15.0 Å². The molecule has 96 valence electrons. The van der Waals surface area contributed by atoms with Gasteiger partial charge in [-0.15, -0.1) is 0 Å². The summed E-state index contributed by atoms with van der Waals surface area (Å²) in [5, 5.41) is 12.3. The number of carbonyl (C=O) groups is 1. The molecule has 1 amide bonds. The highest BCUT2D eigenvalue weighted by molar-refractivity contribution is 5.76. The van der Waals surface area contributed by atoms with Crippen LogP contribution in [0.3, 0.4) is 0 Å². The predicted octanol–water partition coefficient (Wildman–Crippen LogP) is 0.940. The maximum absolute atomic E-state index is 11.8. The zero-order chi connectivity index (χ0) is 12.7. The van der Waals surface area contributed by atoms with Crippen LogP contribution in [0.4, 0.5) is 0 Å². The number of rotatable bonds is 7. The van der Waals surface area contributed by atoms with Gasteiger partial charge in [0.05, 0.1) is 18.5 Å². The third kappa shape index (κ3) is 3.85. The summed E-state index contributed by atoms with van der Waals surface area (Å²) >= 11 is 0. The van der Waals surface area contributed by atoms with Crippen LogP contribution in [0.25, 0.3) is 0 Å². The maximum atomic E-state index is 11.8. The Morgan fingerprint density at radius 1 is 1.47 bits per heavy atom. The minimum atomic E-state index is -0.466. The van der Waals surface area contributed by atoms with Crippen LogP contribution in [0.15, 0.2) is 18.7 Å². The first-order chi connectivity index (χ1) is 8.15. The van der Waals surface area contributed by atoms with Crippen LogP contribution in [-0.2, 0) is 11.3 Å². The van der Waals surface area contributed by atoms with Gasteiger partial charge >= 0.3 is 0 Å². The zero-order valence-corrected chi connectivity index (χ0v) is 10.5. The molecule has 1 rings (SSSR count). The number of nitrogens with one attached hydrogen (secondary N) is 1. The number of carbonyl (C=O) groups excluding carboxylic acids is 1. The largest absolute Gasteiger partial charge is 0.394 e. The van der Waals surface area contributed by atoms with E-state index < -0.39 is 5.54 Å². The van der Waals surface area contributed by atoms with Crippen molar-refractivity contribution in [1.82, 2.24) is 14.9 Å². The van der Waals surface area contributed by atoms with Crippen molar-refractivity contribution in [1.29, 1.82) is 0 Å². The molecule has 0 aliphatic carbocycles. The lowest BCUT2D eigenvalue weighted by molar-refractivity contribution is -0.124. The third-order valence-electron chi connectivity index (χ3n) is 3.22. The van der Waals surface area contributed by atoms with Crippen LogP contribution in [0.1, 0.15) is 33.1 Å². The fourth-order valence-corrected chi connectivity index (χ4v) is 1.70. The van der Waals surface area contributed by atoms with Crippen molar-refractivity contribution in [3.63, 3.8) is 0 Å². The molecule has 0 spiro atoms.